The van der Waals surface area contributed by atoms with Crippen LogP contribution in [0.4, 0.5) is 0 Å². The minimum atomic E-state index is -0.792. The number of Topliss-reactive ketones (excluding diaryl/α,β-unsaturated/α-hetero) is 2. The van der Waals surface area contributed by atoms with E-state index < -0.39 is 11.9 Å². The molecular formula is C23H30N2O5S2. The number of allylic oxidation sites excluding steroid dienone is 2. The van der Waals surface area contributed by atoms with Crippen LogP contribution in [0.2, 0.25) is 0 Å². The topological polar surface area (TPSA) is 87.2 Å². The second-order valence-corrected chi connectivity index (χ2v) is 13.1. The van der Waals surface area contributed by atoms with Crippen molar-refractivity contribution in [1.29, 1.82) is 0 Å². The van der Waals surface area contributed by atoms with Crippen LogP contribution in [-0.4, -0.2) is 87.0 Å². The lowest BCUT2D eigenvalue weighted by Crippen LogP contribution is -2.66. The molecule has 1 unspecified atom stereocenters. The van der Waals surface area contributed by atoms with Gasteiger partial charge >= 0.3 is 5.97 Å². The van der Waals surface area contributed by atoms with Crippen LogP contribution in [0.3, 0.4) is 0 Å². The normalized spacial score (nSPS) is 37.1. The van der Waals surface area contributed by atoms with Gasteiger partial charge in [-0.05, 0) is 19.9 Å². The molecule has 5 aliphatic rings. The number of nitrogens with zero attached hydrogens (tertiary/aromatic N) is 2. The van der Waals surface area contributed by atoms with Gasteiger partial charge in [-0.15, -0.1) is 23.5 Å². The first-order valence-electron chi connectivity index (χ1n) is 11.4. The summed E-state index contributed by atoms with van der Waals surface area (Å²) in [6.45, 7) is 8.50. The average molecular weight is 479 g/mol. The van der Waals surface area contributed by atoms with Crippen LogP contribution < -0.4 is 0 Å². The fourth-order valence-electron chi connectivity index (χ4n) is 6.25. The van der Waals surface area contributed by atoms with Crippen molar-refractivity contribution in [3.8, 4) is 0 Å². The number of aliphatic carboxylic acids is 1. The van der Waals surface area contributed by atoms with E-state index in [-0.39, 0.29) is 52.5 Å². The fraction of sp³-hybridized carbons (Fsp3) is 0.696. The molecular weight excluding hydrogens is 448 g/mol. The number of carbonyl (C=O) groups is 3. The highest BCUT2D eigenvalue weighted by molar-refractivity contribution is 8.08. The predicted octanol–water partition coefficient (Wildman–Crippen LogP) is 2.52. The standard InChI is InChI=1S/C23H30N2O5S2/c1-9(2)31-20-18(26)11-6-13-17-12(23(28)29)7-14(24(17)5)22-25(13)15(8-30-22)16(11)19(27)21(20)32-10(3)4/h9-10,12-15,17,22H,6-8H2,1-5H3,(H,28,29)/t12-,13+,14+,15+,17-,22?/m1/s1. The van der Waals surface area contributed by atoms with E-state index in [0.29, 0.717) is 40.4 Å². The van der Waals surface area contributed by atoms with Crippen molar-refractivity contribution >= 4 is 41.1 Å². The molecule has 5 rings (SSSR count). The van der Waals surface area contributed by atoms with Crippen molar-refractivity contribution in [2.45, 2.75) is 81.4 Å². The zero-order valence-corrected chi connectivity index (χ0v) is 20.7. The van der Waals surface area contributed by atoms with Gasteiger partial charge in [0, 0.05) is 33.7 Å². The Morgan fingerprint density at radius 3 is 2.28 bits per heavy atom. The number of likely N-dealkylation sites (N-methyl/N-ethyl adjacent to an activating group) is 1. The number of fused-ring (bicyclic) bond motifs is 5. The Morgan fingerprint density at radius 2 is 1.69 bits per heavy atom. The van der Waals surface area contributed by atoms with Crippen molar-refractivity contribution in [2.75, 3.05) is 13.7 Å². The molecule has 9 heteroatoms. The van der Waals surface area contributed by atoms with Gasteiger partial charge < -0.3 is 9.84 Å². The van der Waals surface area contributed by atoms with Crippen molar-refractivity contribution in [1.82, 2.24) is 9.80 Å². The predicted molar refractivity (Wildman–Crippen MR) is 124 cm³/mol. The molecule has 4 heterocycles. The number of ether oxygens (including phenoxy) is 1. The molecule has 6 atom stereocenters. The fourth-order valence-corrected chi connectivity index (χ4v) is 8.33. The van der Waals surface area contributed by atoms with E-state index in [1.54, 1.807) is 0 Å². The Kier molecular flexibility index (Phi) is 5.65. The van der Waals surface area contributed by atoms with Gasteiger partial charge in [0.2, 0.25) is 0 Å². The van der Waals surface area contributed by atoms with E-state index in [1.807, 2.05) is 34.7 Å². The van der Waals surface area contributed by atoms with E-state index in [9.17, 15) is 19.5 Å². The lowest BCUT2D eigenvalue weighted by atomic mass is 9.77. The summed E-state index contributed by atoms with van der Waals surface area (Å²) in [6.07, 6.45) is 0.710. The monoisotopic (exact) mass is 478 g/mol. The van der Waals surface area contributed by atoms with E-state index in [1.165, 1.54) is 23.5 Å². The zero-order valence-electron chi connectivity index (χ0n) is 19.0. The van der Waals surface area contributed by atoms with Crippen LogP contribution in [-0.2, 0) is 19.1 Å². The number of hydrogen-bond acceptors (Lipinski definition) is 8. The number of carboxylic acids is 1. The lowest BCUT2D eigenvalue weighted by Gasteiger charge is -2.52. The Morgan fingerprint density at radius 1 is 1.06 bits per heavy atom. The molecule has 3 saturated heterocycles. The van der Waals surface area contributed by atoms with E-state index in [4.69, 9.17) is 4.74 Å². The second kappa shape index (κ2) is 7.98. The smallest absolute Gasteiger partial charge is 0.308 e. The Bertz CT molecular complexity index is 958. The molecule has 0 aromatic heterocycles. The first-order chi connectivity index (χ1) is 15.1. The number of carboxylic acid groups (broad SMARTS) is 1. The summed E-state index contributed by atoms with van der Waals surface area (Å²) in [5.41, 5.74) is 1.19. The van der Waals surface area contributed by atoms with Crippen molar-refractivity contribution < 1.29 is 24.2 Å². The summed E-state index contributed by atoms with van der Waals surface area (Å²) < 4.78 is 6.21. The van der Waals surface area contributed by atoms with Crippen LogP contribution in [0.1, 0.15) is 40.5 Å². The molecule has 0 saturated carbocycles. The highest BCUT2D eigenvalue weighted by atomic mass is 32.2. The van der Waals surface area contributed by atoms with E-state index in [0.717, 1.165) is 0 Å². The largest absolute Gasteiger partial charge is 0.481 e. The molecule has 0 spiro atoms. The molecule has 7 nitrogen and oxygen atoms in total. The summed E-state index contributed by atoms with van der Waals surface area (Å²) in [5, 5.41) is 10.3. The van der Waals surface area contributed by atoms with Crippen LogP contribution in [0.25, 0.3) is 0 Å². The third-order valence-corrected chi connectivity index (χ3v) is 9.64. The Labute approximate surface area is 197 Å². The van der Waals surface area contributed by atoms with Crippen LogP contribution >= 0.6 is 23.5 Å². The molecule has 174 valence electrons. The maximum absolute atomic E-state index is 13.8. The number of piperazine rings is 1. The maximum Gasteiger partial charge on any atom is 0.308 e. The quantitative estimate of drug-likeness (QED) is 0.599. The summed E-state index contributed by atoms with van der Waals surface area (Å²) in [5.74, 6) is -1.36. The molecule has 0 radical (unpaired) electrons. The molecule has 1 aliphatic carbocycles. The number of thioether (sulfide) groups is 2. The maximum atomic E-state index is 13.8. The Balaban J connectivity index is 1.59. The second-order valence-electron chi connectivity index (χ2n) is 9.90. The van der Waals surface area contributed by atoms with Gasteiger partial charge in [-0.1, -0.05) is 27.7 Å². The summed E-state index contributed by atoms with van der Waals surface area (Å²) in [4.78, 5) is 45.2. The van der Waals surface area contributed by atoms with Gasteiger partial charge in [0.05, 0.1) is 34.4 Å². The van der Waals surface area contributed by atoms with Crippen LogP contribution in [0, 0.1) is 5.92 Å². The number of ketones is 2. The molecule has 0 aromatic carbocycles. The highest BCUT2D eigenvalue weighted by Crippen LogP contribution is 2.52. The van der Waals surface area contributed by atoms with Crippen LogP contribution in [0.15, 0.2) is 21.0 Å². The van der Waals surface area contributed by atoms with Gasteiger partial charge in [0.25, 0.3) is 0 Å². The molecule has 4 aliphatic heterocycles. The minimum absolute atomic E-state index is 0.00833. The van der Waals surface area contributed by atoms with Gasteiger partial charge in [-0.3, -0.25) is 24.2 Å². The van der Waals surface area contributed by atoms with Gasteiger partial charge in [-0.25, -0.2) is 0 Å². The summed E-state index contributed by atoms with van der Waals surface area (Å²) in [6, 6.07) is -0.611. The summed E-state index contributed by atoms with van der Waals surface area (Å²) in [7, 11) is 1.97. The van der Waals surface area contributed by atoms with E-state index in [2.05, 4.69) is 9.80 Å². The molecule has 2 bridgehead atoms. The minimum Gasteiger partial charge on any atom is -0.481 e. The summed E-state index contributed by atoms with van der Waals surface area (Å²) >= 11 is 2.94. The number of carbonyl (C=O) groups excluding carboxylic acids is 2. The highest BCUT2D eigenvalue weighted by Gasteiger charge is 2.63. The van der Waals surface area contributed by atoms with Gasteiger partial charge in [0.15, 0.2) is 11.6 Å². The average Bonchev–Trinajstić information content (AvgIpc) is 3.24. The Hall–Kier alpha value is -1.13. The molecule has 0 aromatic rings. The first kappa shape index (κ1) is 22.7. The zero-order chi connectivity index (χ0) is 23.1. The molecule has 32 heavy (non-hydrogen) atoms. The third kappa shape index (κ3) is 3.19. The van der Waals surface area contributed by atoms with Crippen molar-refractivity contribution in [3.63, 3.8) is 0 Å². The third-order valence-electron chi connectivity index (χ3n) is 7.32. The molecule has 1 N–H and O–H groups in total. The van der Waals surface area contributed by atoms with Crippen molar-refractivity contribution in [2.24, 2.45) is 5.92 Å². The number of hydrogen-bond donors (Lipinski definition) is 1. The SMILES string of the molecule is CC(C)SC1=C(SC(C)C)C(=O)C2=C(C[C@H]3[C@H]4[C@H](C(=O)O)C[C@@H](C5OC[C@@H]2N53)N4C)C1=O. The lowest BCUT2D eigenvalue weighted by molar-refractivity contribution is -0.144. The molecule has 0 amide bonds. The number of rotatable bonds is 5. The van der Waals surface area contributed by atoms with Crippen LogP contribution in [0.5, 0.6) is 0 Å². The van der Waals surface area contributed by atoms with Crippen molar-refractivity contribution in [3.05, 3.63) is 21.0 Å². The van der Waals surface area contributed by atoms with Gasteiger partial charge in [-0.2, -0.15) is 0 Å². The van der Waals surface area contributed by atoms with Gasteiger partial charge in [0.1, 0.15) is 6.23 Å². The van der Waals surface area contributed by atoms with E-state index >= 15 is 0 Å². The first-order valence-corrected chi connectivity index (χ1v) is 13.1. The molecule has 3 fully saturated rings.